The molecule has 1 fully saturated rings. The lowest BCUT2D eigenvalue weighted by Crippen LogP contribution is -2.35. The summed E-state index contributed by atoms with van der Waals surface area (Å²) in [7, 11) is 3.76. The number of ether oxygens (including phenoxy) is 1. The Labute approximate surface area is 264 Å². The summed E-state index contributed by atoms with van der Waals surface area (Å²) < 4.78 is 5.57. The molecule has 2 aliphatic heterocycles. The molecule has 0 unspecified atom stereocenters. The van der Waals surface area contributed by atoms with E-state index in [4.69, 9.17) is 27.7 Å². The summed E-state index contributed by atoms with van der Waals surface area (Å²) in [6.07, 6.45) is 10.6. The number of terminal acetylenes is 1. The summed E-state index contributed by atoms with van der Waals surface area (Å²) in [5.74, 6) is 4.37. The molecule has 1 saturated heterocycles. The lowest BCUT2D eigenvalue weighted by atomic mass is 9.94. The lowest BCUT2D eigenvalue weighted by molar-refractivity contribution is 0.394. The van der Waals surface area contributed by atoms with Gasteiger partial charge in [0.1, 0.15) is 17.5 Å². The van der Waals surface area contributed by atoms with Crippen molar-refractivity contribution in [2.75, 3.05) is 56.7 Å². The standard InChI is InChI=1S/C26H29ClN4O.C5H11N.C5H8/c1-5-30(15-17(2)3)25-19-12-13-31(16-21(19)20(14-28)26(29-25)32-4)23-11-7-9-18-8-6-10-22(27)24(18)23;1-6-4-2-3-5-6;1-3-5-4-2/h6-11,17H,5,12-13,15-16H2,1-4H3;2-5H2,1H3;1H,4-5H2,2H3. The van der Waals surface area contributed by atoms with Gasteiger partial charge in [0.2, 0.25) is 5.88 Å². The number of nitriles is 1. The Morgan fingerprint density at radius 1 is 1.09 bits per heavy atom. The molecule has 43 heavy (non-hydrogen) atoms. The number of hydrogen-bond acceptors (Lipinski definition) is 6. The van der Waals surface area contributed by atoms with Gasteiger partial charge in [-0.2, -0.15) is 10.2 Å². The highest BCUT2D eigenvalue weighted by Gasteiger charge is 2.29. The number of fused-ring (bicyclic) bond motifs is 2. The zero-order valence-electron chi connectivity index (χ0n) is 26.9. The number of nitrogens with zero attached hydrogens (tertiary/aromatic N) is 5. The maximum Gasteiger partial charge on any atom is 0.233 e. The van der Waals surface area contributed by atoms with E-state index in [-0.39, 0.29) is 0 Å². The molecule has 2 aromatic carbocycles. The number of rotatable bonds is 7. The fourth-order valence-corrected chi connectivity index (χ4v) is 5.96. The number of likely N-dealkylation sites (tertiary alicyclic amines) is 1. The largest absolute Gasteiger partial charge is 0.480 e. The molecular weight excluding hydrogens is 554 g/mol. The number of pyridine rings is 1. The molecule has 0 atom stereocenters. The number of hydrogen-bond donors (Lipinski definition) is 0. The van der Waals surface area contributed by atoms with Crippen LogP contribution in [0.3, 0.4) is 0 Å². The molecule has 0 amide bonds. The second kappa shape index (κ2) is 17.0. The number of halogens is 1. The average Bonchev–Trinajstić information content (AvgIpc) is 3.50. The molecule has 6 nitrogen and oxygen atoms in total. The molecule has 0 saturated carbocycles. The monoisotopic (exact) mass is 601 g/mol. The van der Waals surface area contributed by atoms with E-state index in [1.54, 1.807) is 7.11 Å². The second-order valence-corrected chi connectivity index (χ2v) is 12.0. The summed E-state index contributed by atoms with van der Waals surface area (Å²) in [5, 5.41) is 12.9. The Balaban J connectivity index is 0.000000388. The van der Waals surface area contributed by atoms with Crippen LogP contribution in [0.1, 0.15) is 70.1 Å². The quantitative estimate of drug-likeness (QED) is 0.256. The van der Waals surface area contributed by atoms with Gasteiger partial charge >= 0.3 is 0 Å². The molecule has 3 heterocycles. The molecule has 0 radical (unpaired) electrons. The molecule has 0 bridgehead atoms. The molecule has 2 aliphatic rings. The van der Waals surface area contributed by atoms with E-state index in [1.807, 2.05) is 12.1 Å². The van der Waals surface area contributed by atoms with E-state index in [0.29, 0.717) is 23.9 Å². The third kappa shape index (κ3) is 8.79. The van der Waals surface area contributed by atoms with Crippen LogP contribution in [-0.4, -0.2) is 56.8 Å². The van der Waals surface area contributed by atoms with E-state index in [9.17, 15) is 5.26 Å². The first kappa shape index (κ1) is 34.0. The summed E-state index contributed by atoms with van der Waals surface area (Å²) in [5.41, 5.74) is 3.79. The van der Waals surface area contributed by atoms with Gasteiger partial charge in [0.15, 0.2) is 0 Å². The minimum atomic E-state index is 0.404. The van der Waals surface area contributed by atoms with Gasteiger partial charge in [0, 0.05) is 54.8 Å². The Morgan fingerprint density at radius 2 is 1.79 bits per heavy atom. The van der Waals surface area contributed by atoms with Crippen LogP contribution in [-0.2, 0) is 13.0 Å². The Kier molecular flexibility index (Phi) is 13.5. The van der Waals surface area contributed by atoms with Crippen molar-refractivity contribution in [3.63, 3.8) is 0 Å². The lowest BCUT2D eigenvalue weighted by Gasteiger charge is -2.35. The highest BCUT2D eigenvalue weighted by Crippen LogP contribution is 2.39. The first-order valence-electron chi connectivity index (χ1n) is 15.6. The van der Waals surface area contributed by atoms with Gasteiger partial charge in [-0.1, -0.05) is 56.6 Å². The predicted molar refractivity (Wildman–Crippen MR) is 182 cm³/mol. The van der Waals surface area contributed by atoms with E-state index in [0.717, 1.165) is 77.3 Å². The van der Waals surface area contributed by atoms with Crippen LogP contribution in [0.4, 0.5) is 11.5 Å². The second-order valence-electron chi connectivity index (χ2n) is 11.6. The minimum absolute atomic E-state index is 0.404. The topological polar surface area (TPSA) is 55.6 Å². The van der Waals surface area contributed by atoms with Crippen molar-refractivity contribution in [3.8, 4) is 24.3 Å². The van der Waals surface area contributed by atoms with E-state index >= 15 is 0 Å². The van der Waals surface area contributed by atoms with Crippen LogP contribution in [0.15, 0.2) is 36.4 Å². The third-order valence-corrected chi connectivity index (χ3v) is 8.12. The highest BCUT2D eigenvalue weighted by atomic mass is 35.5. The van der Waals surface area contributed by atoms with E-state index in [1.165, 1.54) is 25.9 Å². The van der Waals surface area contributed by atoms with Crippen molar-refractivity contribution in [1.29, 1.82) is 5.26 Å². The van der Waals surface area contributed by atoms with Crippen LogP contribution >= 0.6 is 11.6 Å². The maximum absolute atomic E-state index is 9.99. The zero-order valence-corrected chi connectivity index (χ0v) is 27.7. The Bertz CT molecular complexity index is 1410. The predicted octanol–water partition coefficient (Wildman–Crippen LogP) is 7.95. The van der Waals surface area contributed by atoms with Crippen molar-refractivity contribution in [2.24, 2.45) is 5.92 Å². The summed E-state index contributed by atoms with van der Waals surface area (Å²) in [6, 6.07) is 14.6. The highest BCUT2D eigenvalue weighted by molar-refractivity contribution is 6.36. The van der Waals surface area contributed by atoms with Gasteiger partial charge < -0.3 is 19.4 Å². The fourth-order valence-electron chi connectivity index (χ4n) is 5.68. The molecule has 7 heteroatoms. The average molecular weight is 602 g/mol. The zero-order chi connectivity index (χ0) is 31.4. The number of aromatic nitrogens is 1. The van der Waals surface area contributed by atoms with Crippen LogP contribution in [0.5, 0.6) is 5.88 Å². The van der Waals surface area contributed by atoms with Gasteiger partial charge in [-0.25, -0.2) is 0 Å². The normalized spacial score (nSPS) is 14.1. The third-order valence-electron chi connectivity index (χ3n) is 7.81. The van der Waals surface area contributed by atoms with Crippen molar-refractivity contribution in [2.45, 2.75) is 66.3 Å². The fraction of sp³-hybridized carbons (Fsp3) is 0.500. The summed E-state index contributed by atoms with van der Waals surface area (Å²) in [6.45, 7) is 14.5. The Morgan fingerprint density at radius 3 is 2.30 bits per heavy atom. The molecule has 5 rings (SSSR count). The first-order chi connectivity index (χ1) is 20.8. The summed E-state index contributed by atoms with van der Waals surface area (Å²) >= 11 is 6.61. The molecule has 0 N–H and O–H groups in total. The van der Waals surface area contributed by atoms with Gasteiger partial charge in [-0.3, -0.25) is 0 Å². The van der Waals surface area contributed by atoms with Crippen molar-refractivity contribution < 1.29 is 4.74 Å². The van der Waals surface area contributed by atoms with Gasteiger partial charge in [-0.05, 0) is 76.2 Å². The number of anilines is 2. The maximum atomic E-state index is 9.99. The van der Waals surface area contributed by atoms with Crippen molar-refractivity contribution in [3.05, 3.63) is 58.1 Å². The van der Waals surface area contributed by atoms with Crippen molar-refractivity contribution in [1.82, 2.24) is 9.88 Å². The van der Waals surface area contributed by atoms with Crippen LogP contribution < -0.4 is 14.5 Å². The number of benzene rings is 2. The molecule has 3 aromatic rings. The summed E-state index contributed by atoms with van der Waals surface area (Å²) in [4.78, 5) is 11.8. The minimum Gasteiger partial charge on any atom is -0.480 e. The molecule has 1 aromatic heterocycles. The van der Waals surface area contributed by atoms with E-state index in [2.05, 4.69) is 85.7 Å². The van der Waals surface area contributed by atoms with E-state index < -0.39 is 0 Å². The first-order valence-corrected chi connectivity index (χ1v) is 16.0. The molecule has 0 spiro atoms. The van der Waals surface area contributed by atoms with Crippen LogP contribution in [0.2, 0.25) is 5.02 Å². The molecular formula is C36H48ClN5O. The van der Waals surface area contributed by atoms with Gasteiger partial charge in [0.25, 0.3) is 0 Å². The van der Waals surface area contributed by atoms with Crippen LogP contribution in [0.25, 0.3) is 10.8 Å². The Hall–Kier alpha value is -3.45. The van der Waals surface area contributed by atoms with Crippen molar-refractivity contribution >= 4 is 33.9 Å². The van der Waals surface area contributed by atoms with Crippen LogP contribution in [0, 0.1) is 29.6 Å². The SMILES string of the molecule is C#CCCC.CCN(CC(C)C)c1nc(OC)c(C#N)c2c1CCN(c1cccc3cccc(Cl)c13)C2.CN1CCCC1. The van der Waals surface area contributed by atoms with Gasteiger partial charge in [-0.15, -0.1) is 12.3 Å². The number of methoxy groups -OCH3 is 1. The van der Waals surface area contributed by atoms with Gasteiger partial charge in [0.05, 0.1) is 12.1 Å². The molecule has 0 aliphatic carbocycles. The molecule has 230 valence electrons. The number of unbranched alkanes of at least 4 members (excludes halogenated alkanes) is 1. The smallest absolute Gasteiger partial charge is 0.233 e.